The third kappa shape index (κ3) is 2.79. The minimum absolute atomic E-state index is 0.508. The van der Waals surface area contributed by atoms with Crippen LogP contribution in [-0.4, -0.2) is 22.6 Å². The van der Waals surface area contributed by atoms with Gasteiger partial charge in [0.15, 0.2) is 0 Å². The predicted molar refractivity (Wildman–Crippen MR) is 88.1 cm³/mol. The Hall–Kier alpha value is -1.87. The predicted octanol–water partition coefficient (Wildman–Crippen LogP) is 3.90. The molecule has 0 saturated carbocycles. The number of imidazole rings is 1. The van der Waals surface area contributed by atoms with Crippen LogP contribution in [0.15, 0.2) is 42.7 Å². The molecule has 110 valence electrons. The molecular formula is C18H23N3. The standard InChI is InChI=1S/C18H23N3/c1-3-14(2)18-17(15-8-5-4-6-9-15)20-13-21(18)16-10-7-11-19-12-16/h3-6,8-9,13,16,19H,7,10-12H2,1-2H3/b14-3+/t16-/m0/s1. The molecule has 0 amide bonds. The Balaban J connectivity index is 2.07. The molecule has 1 aliphatic heterocycles. The summed E-state index contributed by atoms with van der Waals surface area (Å²) in [5.74, 6) is 0. The molecule has 3 heteroatoms. The van der Waals surface area contributed by atoms with Gasteiger partial charge in [-0.3, -0.25) is 0 Å². The number of rotatable bonds is 3. The van der Waals surface area contributed by atoms with Crippen LogP contribution in [0.2, 0.25) is 0 Å². The molecule has 3 nitrogen and oxygen atoms in total. The van der Waals surface area contributed by atoms with E-state index in [4.69, 9.17) is 4.98 Å². The molecule has 0 radical (unpaired) electrons. The Morgan fingerprint density at radius 2 is 2.14 bits per heavy atom. The first-order valence-corrected chi connectivity index (χ1v) is 7.77. The molecule has 1 fully saturated rings. The molecule has 0 unspecified atom stereocenters. The highest BCUT2D eigenvalue weighted by Gasteiger charge is 2.21. The number of hydrogen-bond acceptors (Lipinski definition) is 2. The average molecular weight is 281 g/mol. The first-order chi connectivity index (χ1) is 10.3. The summed E-state index contributed by atoms with van der Waals surface area (Å²) in [5, 5.41) is 3.50. The van der Waals surface area contributed by atoms with Gasteiger partial charge in [0.25, 0.3) is 0 Å². The second-order valence-electron chi connectivity index (χ2n) is 5.69. The average Bonchev–Trinajstić information content (AvgIpc) is 3.00. The highest BCUT2D eigenvalue weighted by atomic mass is 15.1. The summed E-state index contributed by atoms with van der Waals surface area (Å²) in [4.78, 5) is 4.72. The van der Waals surface area contributed by atoms with Crippen LogP contribution in [0.25, 0.3) is 16.8 Å². The van der Waals surface area contributed by atoms with E-state index in [1.54, 1.807) is 0 Å². The highest BCUT2D eigenvalue weighted by molar-refractivity contribution is 5.76. The zero-order valence-corrected chi connectivity index (χ0v) is 12.8. The molecule has 1 aliphatic rings. The van der Waals surface area contributed by atoms with E-state index >= 15 is 0 Å². The fourth-order valence-electron chi connectivity index (χ4n) is 3.04. The SMILES string of the molecule is C/C=C(\C)c1c(-c2ccccc2)ncn1[C@H]1CCCNC1. The number of nitrogens with zero attached hydrogens (tertiary/aromatic N) is 2. The van der Waals surface area contributed by atoms with Crippen molar-refractivity contribution >= 4 is 5.57 Å². The van der Waals surface area contributed by atoms with Gasteiger partial charge in [-0.15, -0.1) is 0 Å². The first-order valence-electron chi connectivity index (χ1n) is 7.77. The minimum atomic E-state index is 0.508. The largest absolute Gasteiger partial charge is 0.326 e. The summed E-state index contributed by atoms with van der Waals surface area (Å²) in [6.07, 6.45) is 6.65. The lowest BCUT2D eigenvalue weighted by molar-refractivity contribution is 0.369. The van der Waals surface area contributed by atoms with E-state index in [0.717, 1.165) is 18.8 Å². The third-order valence-electron chi connectivity index (χ3n) is 4.31. The molecule has 1 N–H and O–H groups in total. The first kappa shape index (κ1) is 14.1. The maximum Gasteiger partial charge on any atom is 0.0961 e. The summed E-state index contributed by atoms with van der Waals surface area (Å²) in [5.41, 5.74) is 4.84. The van der Waals surface area contributed by atoms with Crippen LogP contribution in [0.1, 0.15) is 38.4 Å². The van der Waals surface area contributed by atoms with Crippen molar-refractivity contribution in [2.75, 3.05) is 13.1 Å². The van der Waals surface area contributed by atoms with Crippen LogP contribution in [0, 0.1) is 0 Å². The lowest BCUT2D eigenvalue weighted by Gasteiger charge is -2.26. The number of aromatic nitrogens is 2. The Kier molecular flexibility index (Phi) is 4.20. The van der Waals surface area contributed by atoms with E-state index < -0.39 is 0 Å². The van der Waals surface area contributed by atoms with E-state index in [-0.39, 0.29) is 0 Å². The second-order valence-corrected chi connectivity index (χ2v) is 5.69. The normalized spacial score (nSPS) is 19.7. The van der Waals surface area contributed by atoms with Crippen molar-refractivity contribution in [3.05, 3.63) is 48.4 Å². The zero-order chi connectivity index (χ0) is 14.7. The summed E-state index contributed by atoms with van der Waals surface area (Å²) < 4.78 is 2.36. The number of nitrogens with one attached hydrogen (secondary N) is 1. The molecule has 0 bridgehead atoms. The van der Waals surface area contributed by atoms with Crippen molar-refractivity contribution < 1.29 is 0 Å². The fourth-order valence-corrected chi connectivity index (χ4v) is 3.04. The van der Waals surface area contributed by atoms with Crippen LogP contribution in [0.3, 0.4) is 0 Å². The Bertz CT molecular complexity index is 619. The van der Waals surface area contributed by atoms with Gasteiger partial charge in [0.2, 0.25) is 0 Å². The van der Waals surface area contributed by atoms with Gasteiger partial charge in [0.05, 0.1) is 17.7 Å². The van der Waals surface area contributed by atoms with Crippen molar-refractivity contribution in [1.82, 2.24) is 14.9 Å². The number of hydrogen-bond donors (Lipinski definition) is 1. The summed E-state index contributed by atoms with van der Waals surface area (Å²) >= 11 is 0. The quantitative estimate of drug-likeness (QED) is 0.924. The van der Waals surface area contributed by atoms with Gasteiger partial charge in [-0.2, -0.15) is 0 Å². The molecular weight excluding hydrogens is 258 g/mol. The van der Waals surface area contributed by atoms with Crippen LogP contribution in [0.5, 0.6) is 0 Å². The third-order valence-corrected chi connectivity index (χ3v) is 4.31. The Morgan fingerprint density at radius 1 is 1.33 bits per heavy atom. The van der Waals surface area contributed by atoms with Crippen molar-refractivity contribution in [2.24, 2.45) is 0 Å². The lowest BCUT2D eigenvalue weighted by Crippen LogP contribution is -2.32. The van der Waals surface area contributed by atoms with Gasteiger partial charge in [-0.25, -0.2) is 4.98 Å². The van der Waals surface area contributed by atoms with Gasteiger partial charge < -0.3 is 9.88 Å². The van der Waals surface area contributed by atoms with E-state index in [9.17, 15) is 0 Å². The van der Waals surface area contributed by atoms with Crippen molar-refractivity contribution in [3.8, 4) is 11.3 Å². The van der Waals surface area contributed by atoms with Gasteiger partial charge in [0, 0.05) is 18.2 Å². The second kappa shape index (κ2) is 6.27. The molecule has 2 aromatic rings. The molecule has 0 spiro atoms. The molecule has 0 aliphatic carbocycles. The Morgan fingerprint density at radius 3 is 2.81 bits per heavy atom. The molecule has 1 aromatic carbocycles. The minimum Gasteiger partial charge on any atom is -0.326 e. The van der Waals surface area contributed by atoms with E-state index in [0.29, 0.717) is 6.04 Å². The molecule has 3 rings (SSSR count). The van der Waals surface area contributed by atoms with Gasteiger partial charge >= 0.3 is 0 Å². The number of piperidine rings is 1. The maximum absolute atomic E-state index is 4.72. The lowest BCUT2D eigenvalue weighted by atomic mass is 10.0. The topological polar surface area (TPSA) is 29.9 Å². The van der Waals surface area contributed by atoms with Crippen LogP contribution in [0.4, 0.5) is 0 Å². The van der Waals surface area contributed by atoms with Crippen molar-refractivity contribution in [2.45, 2.75) is 32.7 Å². The maximum atomic E-state index is 4.72. The van der Waals surface area contributed by atoms with E-state index in [1.165, 1.54) is 29.7 Å². The molecule has 21 heavy (non-hydrogen) atoms. The monoisotopic (exact) mass is 281 g/mol. The molecule has 1 aromatic heterocycles. The number of allylic oxidation sites excluding steroid dienone is 2. The van der Waals surface area contributed by atoms with Crippen LogP contribution in [-0.2, 0) is 0 Å². The van der Waals surface area contributed by atoms with Gasteiger partial charge in [0.1, 0.15) is 0 Å². The van der Waals surface area contributed by atoms with Crippen LogP contribution < -0.4 is 5.32 Å². The number of benzene rings is 1. The summed E-state index contributed by atoms with van der Waals surface area (Å²) in [6, 6.07) is 11.0. The van der Waals surface area contributed by atoms with E-state index in [1.807, 2.05) is 12.4 Å². The zero-order valence-electron chi connectivity index (χ0n) is 12.8. The Labute approximate surface area is 126 Å². The summed E-state index contributed by atoms with van der Waals surface area (Å²) in [7, 11) is 0. The van der Waals surface area contributed by atoms with Gasteiger partial charge in [-0.1, -0.05) is 36.4 Å². The molecule has 1 saturated heterocycles. The molecule has 1 atom stereocenters. The van der Waals surface area contributed by atoms with Crippen molar-refractivity contribution in [3.63, 3.8) is 0 Å². The van der Waals surface area contributed by atoms with Crippen molar-refractivity contribution in [1.29, 1.82) is 0 Å². The van der Waals surface area contributed by atoms with Crippen LogP contribution >= 0.6 is 0 Å². The smallest absolute Gasteiger partial charge is 0.0961 e. The van der Waals surface area contributed by atoms with E-state index in [2.05, 4.69) is 54.1 Å². The fraction of sp³-hybridized carbons (Fsp3) is 0.389. The summed E-state index contributed by atoms with van der Waals surface area (Å²) in [6.45, 7) is 6.44. The molecule has 2 heterocycles. The highest BCUT2D eigenvalue weighted by Crippen LogP contribution is 2.31. The van der Waals surface area contributed by atoms with Gasteiger partial charge in [-0.05, 0) is 38.8 Å².